The van der Waals surface area contributed by atoms with Crippen LogP contribution in [0.25, 0.3) is 10.6 Å². The number of aldehydes is 1. The first-order chi connectivity index (χ1) is 8.50. The maximum absolute atomic E-state index is 12.4. The summed E-state index contributed by atoms with van der Waals surface area (Å²) in [4.78, 5) is 15.2. The normalized spacial score (nSPS) is 11.5. The number of halogens is 3. The minimum Gasteiger partial charge on any atom is -0.303 e. The summed E-state index contributed by atoms with van der Waals surface area (Å²) in [5.74, 6) is 0. The van der Waals surface area contributed by atoms with Gasteiger partial charge in [0.25, 0.3) is 0 Å². The van der Waals surface area contributed by atoms with Crippen LogP contribution in [0.1, 0.15) is 10.4 Å². The molecule has 0 fully saturated rings. The Labute approximate surface area is 105 Å². The van der Waals surface area contributed by atoms with Crippen LogP contribution in [0.5, 0.6) is 0 Å². The first-order valence-corrected chi connectivity index (χ1v) is 5.88. The minimum absolute atomic E-state index is 0.276. The minimum atomic E-state index is -4.33. The standard InChI is InChI=1S/C12H8F3NOS/c13-12(14,15)9-3-1-8(2-4-9)11-16-7-10(18-11)5-6-17/h1-4,6-7H,5H2. The van der Waals surface area contributed by atoms with Gasteiger partial charge >= 0.3 is 6.18 Å². The summed E-state index contributed by atoms with van der Waals surface area (Å²) in [6.07, 6.45) is -1.72. The van der Waals surface area contributed by atoms with E-state index in [9.17, 15) is 18.0 Å². The van der Waals surface area contributed by atoms with Crippen LogP contribution < -0.4 is 0 Å². The van der Waals surface area contributed by atoms with Gasteiger partial charge in [0.05, 0.1) is 5.56 Å². The summed E-state index contributed by atoms with van der Waals surface area (Å²) < 4.78 is 37.1. The van der Waals surface area contributed by atoms with E-state index in [0.29, 0.717) is 10.6 Å². The fourth-order valence-electron chi connectivity index (χ4n) is 1.42. The van der Waals surface area contributed by atoms with E-state index >= 15 is 0 Å². The van der Waals surface area contributed by atoms with Crippen molar-refractivity contribution >= 4 is 17.6 Å². The van der Waals surface area contributed by atoms with Crippen LogP contribution in [0.2, 0.25) is 0 Å². The highest BCUT2D eigenvalue weighted by Crippen LogP contribution is 2.32. The second kappa shape index (κ2) is 4.89. The number of hydrogen-bond donors (Lipinski definition) is 0. The van der Waals surface area contributed by atoms with Crippen molar-refractivity contribution in [1.29, 1.82) is 0 Å². The second-order valence-corrected chi connectivity index (χ2v) is 4.69. The molecule has 1 aromatic carbocycles. The van der Waals surface area contributed by atoms with Crippen LogP contribution in [-0.4, -0.2) is 11.3 Å². The van der Waals surface area contributed by atoms with Crippen LogP contribution in [0.15, 0.2) is 30.5 Å². The number of aromatic nitrogens is 1. The highest BCUT2D eigenvalue weighted by Gasteiger charge is 2.30. The Kier molecular flexibility index (Phi) is 3.47. The Hall–Kier alpha value is -1.69. The SMILES string of the molecule is O=CCc1cnc(-c2ccc(C(F)(F)F)cc2)s1. The molecule has 0 aliphatic heterocycles. The number of alkyl halides is 3. The van der Waals surface area contributed by atoms with Gasteiger partial charge in [-0.1, -0.05) is 12.1 Å². The Morgan fingerprint density at radius 3 is 2.44 bits per heavy atom. The van der Waals surface area contributed by atoms with Crippen molar-refractivity contribution in [3.05, 3.63) is 40.9 Å². The zero-order valence-electron chi connectivity index (χ0n) is 9.07. The van der Waals surface area contributed by atoms with Crippen molar-refractivity contribution in [2.75, 3.05) is 0 Å². The molecule has 0 aliphatic rings. The molecule has 0 aliphatic carbocycles. The number of carbonyl (C=O) groups excluding carboxylic acids is 1. The van der Waals surface area contributed by atoms with Crippen molar-refractivity contribution in [3.8, 4) is 10.6 Å². The van der Waals surface area contributed by atoms with E-state index in [0.717, 1.165) is 23.3 Å². The second-order valence-electron chi connectivity index (χ2n) is 3.58. The first-order valence-electron chi connectivity index (χ1n) is 5.06. The van der Waals surface area contributed by atoms with E-state index in [1.807, 2.05) is 0 Å². The molecule has 0 saturated heterocycles. The molecule has 18 heavy (non-hydrogen) atoms. The summed E-state index contributed by atoms with van der Waals surface area (Å²) in [6, 6.07) is 4.81. The van der Waals surface area contributed by atoms with Crippen LogP contribution in [-0.2, 0) is 17.4 Å². The third-order valence-electron chi connectivity index (χ3n) is 2.30. The molecule has 6 heteroatoms. The van der Waals surface area contributed by atoms with Crippen molar-refractivity contribution < 1.29 is 18.0 Å². The van der Waals surface area contributed by atoms with Crippen LogP contribution >= 0.6 is 11.3 Å². The third-order valence-corrected chi connectivity index (χ3v) is 3.37. The molecule has 0 unspecified atom stereocenters. The topological polar surface area (TPSA) is 30.0 Å². The molecule has 1 aromatic heterocycles. The zero-order chi connectivity index (χ0) is 13.2. The lowest BCUT2D eigenvalue weighted by Crippen LogP contribution is -2.03. The lowest BCUT2D eigenvalue weighted by molar-refractivity contribution is -0.137. The molecule has 0 atom stereocenters. The van der Waals surface area contributed by atoms with Gasteiger partial charge in [0.15, 0.2) is 0 Å². The molecule has 94 valence electrons. The van der Waals surface area contributed by atoms with E-state index < -0.39 is 11.7 Å². The first kappa shape index (κ1) is 12.8. The van der Waals surface area contributed by atoms with Gasteiger partial charge in [0, 0.05) is 23.1 Å². The lowest BCUT2D eigenvalue weighted by atomic mass is 10.1. The molecule has 2 rings (SSSR count). The molecule has 0 spiro atoms. The number of nitrogens with zero attached hydrogens (tertiary/aromatic N) is 1. The van der Waals surface area contributed by atoms with E-state index in [1.165, 1.54) is 23.5 Å². The molecule has 0 radical (unpaired) electrons. The van der Waals surface area contributed by atoms with Crippen molar-refractivity contribution in [2.24, 2.45) is 0 Å². The van der Waals surface area contributed by atoms with Gasteiger partial charge in [-0.3, -0.25) is 0 Å². The Morgan fingerprint density at radius 1 is 1.22 bits per heavy atom. The lowest BCUT2D eigenvalue weighted by Gasteiger charge is -2.06. The maximum atomic E-state index is 12.4. The van der Waals surface area contributed by atoms with Gasteiger partial charge in [-0.2, -0.15) is 13.2 Å². The van der Waals surface area contributed by atoms with Gasteiger partial charge in [-0.15, -0.1) is 11.3 Å². The molecular formula is C12H8F3NOS. The van der Waals surface area contributed by atoms with E-state index in [-0.39, 0.29) is 6.42 Å². The molecule has 2 nitrogen and oxygen atoms in total. The fraction of sp³-hybridized carbons (Fsp3) is 0.167. The smallest absolute Gasteiger partial charge is 0.303 e. The zero-order valence-corrected chi connectivity index (χ0v) is 9.89. The molecule has 0 bridgehead atoms. The largest absolute Gasteiger partial charge is 0.416 e. The summed E-state index contributed by atoms with van der Waals surface area (Å²) in [7, 11) is 0. The predicted molar refractivity (Wildman–Crippen MR) is 62.3 cm³/mol. The number of thiazole rings is 1. The molecule has 2 aromatic rings. The van der Waals surface area contributed by atoms with Crippen molar-refractivity contribution in [2.45, 2.75) is 12.6 Å². The Bertz CT molecular complexity index is 545. The van der Waals surface area contributed by atoms with Crippen LogP contribution in [0.4, 0.5) is 13.2 Å². The fourth-order valence-corrected chi connectivity index (χ4v) is 2.28. The summed E-state index contributed by atoms with van der Waals surface area (Å²) >= 11 is 1.30. The van der Waals surface area contributed by atoms with Gasteiger partial charge in [-0.25, -0.2) is 4.98 Å². The molecule has 1 heterocycles. The maximum Gasteiger partial charge on any atom is 0.416 e. The van der Waals surface area contributed by atoms with Gasteiger partial charge in [-0.05, 0) is 12.1 Å². The van der Waals surface area contributed by atoms with Gasteiger partial charge < -0.3 is 4.79 Å². The molecule has 0 amide bonds. The quantitative estimate of drug-likeness (QED) is 0.799. The highest BCUT2D eigenvalue weighted by atomic mass is 32.1. The van der Waals surface area contributed by atoms with Crippen LogP contribution in [0, 0.1) is 0 Å². The number of carbonyl (C=O) groups is 1. The molecule has 0 N–H and O–H groups in total. The van der Waals surface area contributed by atoms with Gasteiger partial charge in [0.1, 0.15) is 11.3 Å². The van der Waals surface area contributed by atoms with Crippen LogP contribution in [0.3, 0.4) is 0 Å². The summed E-state index contributed by atoms with van der Waals surface area (Å²) in [6.45, 7) is 0. The van der Waals surface area contributed by atoms with E-state index in [2.05, 4.69) is 4.98 Å². The summed E-state index contributed by atoms with van der Waals surface area (Å²) in [5, 5.41) is 0.612. The Morgan fingerprint density at radius 2 is 1.89 bits per heavy atom. The molecular weight excluding hydrogens is 263 g/mol. The number of rotatable bonds is 3. The van der Waals surface area contributed by atoms with Crippen molar-refractivity contribution in [3.63, 3.8) is 0 Å². The monoisotopic (exact) mass is 271 g/mol. The number of hydrogen-bond acceptors (Lipinski definition) is 3. The predicted octanol–water partition coefficient (Wildman–Crippen LogP) is 3.57. The van der Waals surface area contributed by atoms with Crippen molar-refractivity contribution in [1.82, 2.24) is 4.98 Å². The summed E-state index contributed by atoms with van der Waals surface area (Å²) in [5.41, 5.74) is -0.0685. The van der Waals surface area contributed by atoms with E-state index in [1.54, 1.807) is 6.20 Å². The van der Waals surface area contributed by atoms with E-state index in [4.69, 9.17) is 0 Å². The average Bonchev–Trinajstić information content (AvgIpc) is 2.77. The average molecular weight is 271 g/mol. The molecule has 0 saturated carbocycles. The van der Waals surface area contributed by atoms with Gasteiger partial charge in [0.2, 0.25) is 0 Å². The third kappa shape index (κ3) is 2.76. The highest BCUT2D eigenvalue weighted by molar-refractivity contribution is 7.15. The number of benzene rings is 1. The Balaban J connectivity index is 2.25.